The molecule has 5 N–H and O–H groups in total. The first-order valence-electron chi connectivity index (χ1n) is 4.61. The fraction of sp³-hybridized carbons (Fsp3) is 0. The van der Waals surface area contributed by atoms with Crippen molar-refractivity contribution in [1.82, 2.24) is 0 Å². The summed E-state index contributed by atoms with van der Waals surface area (Å²) >= 11 is 0. The van der Waals surface area contributed by atoms with Gasteiger partial charge in [-0.2, -0.15) is 0 Å². The third kappa shape index (κ3) is 3.79. The van der Waals surface area contributed by atoms with E-state index in [9.17, 15) is 0 Å². The first-order chi connectivity index (χ1) is 7.59. The van der Waals surface area contributed by atoms with Crippen LogP contribution in [0.3, 0.4) is 0 Å². The number of nitrogens with two attached hydrogens (primary N) is 1. The van der Waals surface area contributed by atoms with Crippen molar-refractivity contribution in [2.45, 2.75) is 0 Å². The van der Waals surface area contributed by atoms with Crippen molar-refractivity contribution in [3.05, 3.63) is 48.5 Å². The number of phenols is 3. The van der Waals surface area contributed by atoms with Crippen LogP contribution in [0.2, 0.25) is 0 Å². The van der Waals surface area contributed by atoms with Gasteiger partial charge >= 0.3 is 0 Å². The molecule has 4 nitrogen and oxygen atoms in total. The molecule has 16 heavy (non-hydrogen) atoms. The van der Waals surface area contributed by atoms with Gasteiger partial charge in [0.05, 0.1) is 5.69 Å². The second-order valence-corrected chi connectivity index (χ2v) is 3.08. The average molecular weight is 219 g/mol. The minimum absolute atomic E-state index is 0.146. The Morgan fingerprint density at radius 3 is 1.44 bits per heavy atom. The van der Waals surface area contributed by atoms with Crippen molar-refractivity contribution < 1.29 is 15.3 Å². The molecule has 2 aromatic rings. The maximum Gasteiger partial charge on any atom is 0.138 e. The highest BCUT2D eigenvalue weighted by molar-refractivity contribution is 5.50. The van der Waals surface area contributed by atoms with Gasteiger partial charge in [0.25, 0.3) is 0 Å². The molecule has 0 atom stereocenters. The SMILES string of the molecule is Nc1ccccc1O.Oc1ccc(O)cc1. The zero-order valence-corrected chi connectivity index (χ0v) is 8.54. The van der Waals surface area contributed by atoms with Crippen molar-refractivity contribution in [1.29, 1.82) is 0 Å². The molecule has 0 aliphatic heterocycles. The van der Waals surface area contributed by atoms with Gasteiger partial charge in [-0.3, -0.25) is 0 Å². The average Bonchev–Trinajstić information content (AvgIpc) is 2.28. The number of phenolic OH excluding ortho intramolecular Hbond substituents is 3. The highest BCUT2D eigenvalue weighted by Gasteiger charge is 1.87. The third-order valence-corrected chi connectivity index (χ3v) is 1.79. The van der Waals surface area contributed by atoms with Gasteiger partial charge in [0.15, 0.2) is 0 Å². The molecule has 0 saturated heterocycles. The van der Waals surface area contributed by atoms with E-state index in [1.165, 1.54) is 24.3 Å². The largest absolute Gasteiger partial charge is 0.508 e. The predicted molar refractivity (Wildman–Crippen MR) is 62.3 cm³/mol. The van der Waals surface area contributed by atoms with Crippen LogP contribution in [0.5, 0.6) is 17.2 Å². The summed E-state index contributed by atoms with van der Waals surface area (Å²) in [5.41, 5.74) is 5.69. The van der Waals surface area contributed by atoms with E-state index in [1.54, 1.807) is 24.3 Å². The standard InChI is InChI=1S/C6H7NO.C6H6O2/c7-5-3-1-2-4-6(5)8;7-5-1-2-6(8)4-3-5/h1-4,8H,7H2;1-4,7-8H. The fourth-order valence-electron chi connectivity index (χ4n) is 0.940. The Bertz CT molecular complexity index is 398. The number of aromatic hydroxyl groups is 3. The molecule has 0 aliphatic carbocycles. The number of hydrogen-bond acceptors (Lipinski definition) is 4. The third-order valence-electron chi connectivity index (χ3n) is 1.79. The van der Waals surface area contributed by atoms with E-state index >= 15 is 0 Å². The molecule has 0 spiro atoms. The lowest BCUT2D eigenvalue weighted by molar-refractivity contribution is 0.460. The Kier molecular flexibility index (Phi) is 4.03. The van der Waals surface area contributed by atoms with E-state index in [0.29, 0.717) is 5.69 Å². The number of nitrogen functional groups attached to an aromatic ring is 1. The van der Waals surface area contributed by atoms with Crippen LogP contribution < -0.4 is 5.73 Å². The summed E-state index contributed by atoms with van der Waals surface area (Å²) in [4.78, 5) is 0. The summed E-state index contributed by atoms with van der Waals surface area (Å²) in [7, 11) is 0. The van der Waals surface area contributed by atoms with Crippen molar-refractivity contribution in [2.24, 2.45) is 0 Å². The van der Waals surface area contributed by atoms with E-state index < -0.39 is 0 Å². The van der Waals surface area contributed by atoms with Crippen LogP contribution in [0.1, 0.15) is 0 Å². The highest BCUT2D eigenvalue weighted by atomic mass is 16.3. The first-order valence-corrected chi connectivity index (χ1v) is 4.61. The van der Waals surface area contributed by atoms with Gasteiger partial charge in [-0.05, 0) is 36.4 Å². The number of benzene rings is 2. The number of hydrogen-bond donors (Lipinski definition) is 4. The van der Waals surface area contributed by atoms with E-state index in [4.69, 9.17) is 21.1 Å². The monoisotopic (exact) mass is 219 g/mol. The van der Waals surface area contributed by atoms with Crippen molar-refractivity contribution in [3.63, 3.8) is 0 Å². The van der Waals surface area contributed by atoms with Crippen LogP contribution in [0.25, 0.3) is 0 Å². The molecule has 84 valence electrons. The molecule has 0 saturated carbocycles. The first kappa shape index (κ1) is 11.7. The molecule has 2 aromatic carbocycles. The molecule has 0 amide bonds. The van der Waals surface area contributed by atoms with Crippen LogP contribution in [-0.2, 0) is 0 Å². The van der Waals surface area contributed by atoms with Gasteiger partial charge in [0, 0.05) is 0 Å². The van der Waals surface area contributed by atoms with Gasteiger partial charge in [-0.25, -0.2) is 0 Å². The molecule has 0 aromatic heterocycles. The summed E-state index contributed by atoms with van der Waals surface area (Å²) in [6.07, 6.45) is 0. The fourth-order valence-corrected chi connectivity index (χ4v) is 0.940. The highest BCUT2D eigenvalue weighted by Crippen LogP contribution is 2.16. The zero-order chi connectivity index (χ0) is 12.0. The lowest BCUT2D eigenvalue weighted by Gasteiger charge is -1.92. The van der Waals surface area contributed by atoms with Gasteiger partial charge in [0.2, 0.25) is 0 Å². The molecule has 0 fully saturated rings. The van der Waals surface area contributed by atoms with Gasteiger partial charge in [-0.1, -0.05) is 12.1 Å². The van der Waals surface area contributed by atoms with Crippen LogP contribution in [0, 0.1) is 0 Å². The Morgan fingerprint density at radius 1 is 0.688 bits per heavy atom. The molecule has 4 heteroatoms. The summed E-state index contributed by atoms with van der Waals surface area (Å²) in [5, 5.41) is 26.1. The summed E-state index contributed by atoms with van der Waals surface area (Å²) in [6, 6.07) is 12.4. The quantitative estimate of drug-likeness (QED) is 0.310. The van der Waals surface area contributed by atoms with Crippen LogP contribution in [-0.4, -0.2) is 15.3 Å². The van der Waals surface area contributed by atoms with Crippen molar-refractivity contribution in [3.8, 4) is 17.2 Å². The Hall–Kier alpha value is -2.36. The van der Waals surface area contributed by atoms with Gasteiger partial charge in [-0.15, -0.1) is 0 Å². The lowest BCUT2D eigenvalue weighted by atomic mass is 10.3. The molecule has 2 rings (SSSR count). The molecular weight excluding hydrogens is 206 g/mol. The molecule has 0 radical (unpaired) electrons. The minimum atomic E-state index is 0.146. The molecule has 0 bridgehead atoms. The maximum atomic E-state index is 8.79. The van der Waals surface area contributed by atoms with E-state index in [0.717, 1.165) is 0 Å². The summed E-state index contributed by atoms with van der Waals surface area (Å²) in [6.45, 7) is 0. The second kappa shape index (κ2) is 5.50. The number of anilines is 1. The zero-order valence-electron chi connectivity index (χ0n) is 8.54. The normalized spacial score (nSPS) is 9.00. The Labute approximate surface area is 93.2 Å². The van der Waals surface area contributed by atoms with Crippen LogP contribution in [0.15, 0.2) is 48.5 Å². The minimum Gasteiger partial charge on any atom is -0.508 e. The molecule has 0 heterocycles. The van der Waals surface area contributed by atoms with Crippen LogP contribution in [0.4, 0.5) is 5.69 Å². The Balaban J connectivity index is 0.000000160. The Morgan fingerprint density at radius 2 is 1.12 bits per heavy atom. The van der Waals surface area contributed by atoms with E-state index in [1.807, 2.05) is 0 Å². The second-order valence-electron chi connectivity index (χ2n) is 3.08. The van der Waals surface area contributed by atoms with Crippen LogP contribution >= 0.6 is 0 Å². The smallest absolute Gasteiger partial charge is 0.138 e. The summed E-state index contributed by atoms with van der Waals surface area (Å²) in [5.74, 6) is 0.484. The number of rotatable bonds is 0. The lowest BCUT2D eigenvalue weighted by Crippen LogP contribution is -1.82. The topological polar surface area (TPSA) is 86.7 Å². The maximum absolute atomic E-state index is 8.79. The molecule has 0 aliphatic rings. The van der Waals surface area contributed by atoms with Gasteiger partial charge < -0.3 is 21.1 Å². The molecular formula is C12H13NO3. The molecule has 0 unspecified atom stereocenters. The van der Waals surface area contributed by atoms with Crippen molar-refractivity contribution in [2.75, 3.05) is 5.73 Å². The van der Waals surface area contributed by atoms with Crippen molar-refractivity contribution >= 4 is 5.69 Å². The number of para-hydroxylation sites is 2. The van der Waals surface area contributed by atoms with E-state index in [2.05, 4.69) is 0 Å². The summed E-state index contributed by atoms with van der Waals surface area (Å²) < 4.78 is 0. The van der Waals surface area contributed by atoms with E-state index in [-0.39, 0.29) is 17.2 Å². The predicted octanol–water partition coefficient (Wildman–Crippen LogP) is 2.07. The van der Waals surface area contributed by atoms with Gasteiger partial charge in [0.1, 0.15) is 17.2 Å².